The van der Waals surface area contributed by atoms with Gasteiger partial charge in [-0.05, 0) is 37.0 Å². The predicted molar refractivity (Wildman–Crippen MR) is 107 cm³/mol. The summed E-state index contributed by atoms with van der Waals surface area (Å²) in [6.45, 7) is 6.93. The average molecular weight is 373 g/mol. The smallest absolute Gasteiger partial charge is 0.218 e. The Labute approximate surface area is 157 Å². The van der Waals surface area contributed by atoms with Crippen molar-refractivity contribution in [3.8, 4) is 0 Å². The molecule has 2 aromatic rings. The third-order valence-electron chi connectivity index (χ3n) is 5.26. The van der Waals surface area contributed by atoms with Crippen molar-refractivity contribution in [3.63, 3.8) is 0 Å². The van der Waals surface area contributed by atoms with E-state index in [0.717, 1.165) is 30.6 Å². The standard InChI is InChI=1S/C21H28N2O2S/c1-18-8-6-7-11-21(18)17-26(24,25)23-14-12-22(13-15-23)19(2)16-20-9-4-3-5-10-20/h3-11,19H,12-17H2,1-2H3. The fourth-order valence-electron chi connectivity index (χ4n) is 3.57. The van der Waals surface area contributed by atoms with Gasteiger partial charge in [0.25, 0.3) is 0 Å². The highest BCUT2D eigenvalue weighted by molar-refractivity contribution is 7.88. The summed E-state index contributed by atoms with van der Waals surface area (Å²) < 4.78 is 27.2. The average Bonchev–Trinajstić information content (AvgIpc) is 2.64. The quantitative estimate of drug-likeness (QED) is 0.782. The molecule has 1 aliphatic heterocycles. The van der Waals surface area contributed by atoms with Crippen LogP contribution < -0.4 is 0 Å². The van der Waals surface area contributed by atoms with Crippen molar-refractivity contribution >= 4 is 10.0 Å². The zero-order valence-corrected chi connectivity index (χ0v) is 16.5. The number of hydrogen-bond acceptors (Lipinski definition) is 3. The van der Waals surface area contributed by atoms with Gasteiger partial charge in [0.15, 0.2) is 0 Å². The molecular formula is C21H28N2O2S. The largest absolute Gasteiger partial charge is 0.298 e. The van der Waals surface area contributed by atoms with E-state index in [4.69, 9.17) is 0 Å². The van der Waals surface area contributed by atoms with Crippen LogP contribution >= 0.6 is 0 Å². The summed E-state index contributed by atoms with van der Waals surface area (Å²) in [5.74, 6) is 0.0965. The molecule has 4 nitrogen and oxygen atoms in total. The van der Waals surface area contributed by atoms with Gasteiger partial charge >= 0.3 is 0 Å². The van der Waals surface area contributed by atoms with Gasteiger partial charge in [-0.3, -0.25) is 4.90 Å². The molecule has 0 radical (unpaired) electrons. The number of rotatable bonds is 6. The molecule has 0 spiro atoms. The van der Waals surface area contributed by atoms with Gasteiger partial charge in [0.2, 0.25) is 10.0 Å². The molecule has 3 rings (SSSR count). The monoisotopic (exact) mass is 372 g/mol. The minimum Gasteiger partial charge on any atom is -0.298 e. The Kier molecular flexibility index (Phi) is 6.12. The van der Waals surface area contributed by atoms with Crippen LogP contribution in [-0.4, -0.2) is 49.8 Å². The first kappa shape index (κ1) is 19.1. The highest BCUT2D eigenvalue weighted by atomic mass is 32.2. The highest BCUT2D eigenvalue weighted by Crippen LogP contribution is 2.18. The number of nitrogens with zero attached hydrogens (tertiary/aromatic N) is 2. The maximum atomic E-state index is 12.8. The molecule has 1 heterocycles. The Morgan fingerprint density at radius 2 is 1.54 bits per heavy atom. The molecule has 0 saturated carbocycles. The van der Waals surface area contributed by atoms with Gasteiger partial charge in [-0.2, -0.15) is 4.31 Å². The van der Waals surface area contributed by atoms with E-state index in [1.165, 1.54) is 5.56 Å². The number of piperazine rings is 1. The molecule has 2 aromatic carbocycles. The van der Waals surface area contributed by atoms with Gasteiger partial charge in [0.05, 0.1) is 5.75 Å². The first-order valence-corrected chi connectivity index (χ1v) is 10.9. The Bertz CT molecular complexity index is 813. The fourth-order valence-corrected chi connectivity index (χ4v) is 5.19. The van der Waals surface area contributed by atoms with E-state index in [0.29, 0.717) is 19.1 Å². The summed E-state index contributed by atoms with van der Waals surface area (Å²) in [5, 5.41) is 0. The summed E-state index contributed by atoms with van der Waals surface area (Å²) >= 11 is 0. The Hall–Kier alpha value is -1.69. The van der Waals surface area contributed by atoms with Gasteiger partial charge in [-0.25, -0.2) is 8.42 Å². The van der Waals surface area contributed by atoms with E-state index in [1.54, 1.807) is 4.31 Å². The first-order valence-electron chi connectivity index (χ1n) is 9.26. The maximum absolute atomic E-state index is 12.8. The van der Waals surface area contributed by atoms with Crippen molar-refractivity contribution in [1.29, 1.82) is 0 Å². The number of hydrogen-bond donors (Lipinski definition) is 0. The second-order valence-corrected chi connectivity index (χ2v) is 9.13. The third kappa shape index (κ3) is 4.72. The van der Waals surface area contributed by atoms with Gasteiger partial charge in [-0.15, -0.1) is 0 Å². The van der Waals surface area contributed by atoms with Gasteiger partial charge in [0, 0.05) is 32.2 Å². The molecule has 26 heavy (non-hydrogen) atoms. The van der Waals surface area contributed by atoms with Crippen LogP contribution in [0.5, 0.6) is 0 Å². The molecule has 1 atom stereocenters. The van der Waals surface area contributed by atoms with E-state index in [-0.39, 0.29) is 5.75 Å². The molecule has 0 amide bonds. The van der Waals surface area contributed by atoms with Crippen LogP contribution in [0.25, 0.3) is 0 Å². The van der Waals surface area contributed by atoms with Crippen LogP contribution in [-0.2, 0) is 22.2 Å². The zero-order chi connectivity index (χ0) is 18.6. The lowest BCUT2D eigenvalue weighted by atomic mass is 10.1. The Morgan fingerprint density at radius 1 is 0.923 bits per heavy atom. The summed E-state index contributed by atoms with van der Waals surface area (Å²) in [4.78, 5) is 2.40. The van der Waals surface area contributed by atoms with E-state index < -0.39 is 10.0 Å². The number of aryl methyl sites for hydroxylation is 1. The van der Waals surface area contributed by atoms with Crippen molar-refractivity contribution in [1.82, 2.24) is 9.21 Å². The van der Waals surface area contributed by atoms with Crippen molar-refractivity contribution < 1.29 is 8.42 Å². The van der Waals surface area contributed by atoms with Crippen molar-refractivity contribution in [3.05, 3.63) is 71.3 Å². The second-order valence-electron chi connectivity index (χ2n) is 7.16. The normalized spacial score (nSPS) is 17.9. The first-order chi connectivity index (χ1) is 12.5. The molecule has 1 unspecified atom stereocenters. The van der Waals surface area contributed by atoms with Crippen LogP contribution in [0.15, 0.2) is 54.6 Å². The molecule has 0 bridgehead atoms. The minimum atomic E-state index is -3.26. The maximum Gasteiger partial charge on any atom is 0.218 e. The number of benzene rings is 2. The topological polar surface area (TPSA) is 40.6 Å². The van der Waals surface area contributed by atoms with Crippen LogP contribution in [0.1, 0.15) is 23.6 Å². The zero-order valence-electron chi connectivity index (χ0n) is 15.6. The van der Waals surface area contributed by atoms with E-state index >= 15 is 0 Å². The molecule has 0 N–H and O–H groups in total. The summed E-state index contributed by atoms with van der Waals surface area (Å²) in [7, 11) is -3.26. The fraction of sp³-hybridized carbons (Fsp3) is 0.429. The number of sulfonamides is 1. The lowest BCUT2D eigenvalue weighted by Gasteiger charge is -2.37. The van der Waals surface area contributed by atoms with E-state index in [9.17, 15) is 8.42 Å². The molecule has 1 saturated heterocycles. The summed E-state index contributed by atoms with van der Waals surface area (Å²) in [6, 6.07) is 18.6. The molecule has 0 aromatic heterocycles. The van der Waals surface area contributed by atoms with E-state index in [1.807, 2.05) is 37.3 Å². The molecule has 1 fully saturated rings. The SMILES string of the molecule is Cc1ccccc1CS(=O)(=O)N1CCN(C(C)Cc2ccccc2)CC1. The lowest BCUT2D eigenvalue weighted by Crippen LogP contribution is -2.51. The third-order valence-corrected chi connectivity index (χ3v) is 7.09. The Morgan fingerprint density at radius 3 is 2.19 bits per heavy atom. The van der Waals surface area contributed by atoms with Crippen LogP contribution in [0, 0.1) is 6.92 Å². The highest BCUT2D eigenvalue weighted by Gasteiger charge is 2.29. The van der Waals surface area contributed by atoms with Crippen molar-refractivity contribution in [2.24, 2.45) is 0 Å². The summed E-state index contributed by atoms with van der Waals surface area (Å²) in [6.07, 6.45) is 0.997. The predicted octanol–water partition coefficient (Wildman–Crippen LogP) is 3.07. The van der Waals surface area contributed by atoms with Crippen LogP contribution in [0.3, 0.4) is 0 Å². The molecular weight excluding hydrogens is 344 g/mol. The second kappa shape index (κ2) is 8.33. The summed E-state index contributed by atoms with van der Waals surface area (Å²) in [5.41, 5.74) is 3.26. The van der Waals surface area contributed by atoms with Gasteiger partial charge in [-0.1, -0.05) is 54.6 Å². The molecule has 5 heteroatoms. The molecule has 0 aliphatic carbocycles. The lowest BCUT2D eigenvalue weighted by molar-refractivity contribution is 0.145. The Balaban J connectivity index is 1.56. The molecule has 1 aliphatic rings. The van der Waals surface area contributed by atoms with Gasteiger partial charge in [0.1, 0.15) is 0 Å². The van der Waals surface area contributed by atoms with Crippen LogP contribution in [0.2, 0.25) is 0 Å². The van der Waals surface area contributed by atoms with Gasteiger partial charge < -0.3 is 0 Å². The van der Waals surface area contributed by atoms with Crippen molar-refractivity contribution in [2.45, 2.75) is 32.1 Å². The molecule has 140 valence electrons. The van der Waals surface area contributed by atoms with Crippen LogP contribution in [0.4, 0.5) is 0 Å². The van der Waals surface area contributed by atoms with Crippen molar-refractivity contribution in [2.75, 3.05) is 26.2 Å². The van der Waals surface area contributed by atoms with E-state index in [2.05, 4.69) is 36.1 Å². The minimum absolute atomic E-state index is 0.0965.